The maximum atomic E-state index is 5.69. The fraction of sp³-hybridized carbons (Fsp3) is 0.333. The van der Waals surface area contributed by atoms with Crippen molar-refractivity contribution < 1.29 is 0 Å². The Bertz CT molecular complexity index is 233. The summed E-state index contributed by atoms with van der Waals surface area (Å²) in [5.74, 6) is 0.553. The number of hydrogen-bond donors (Lipinski definition) is 0. The van der Waals surface area contributed by atoms with Crippen molar-refractivity contribution in [1.82, 2.24) is 0 Å². The molecule has 0 aliphatic heterocycles. The maximum Gasteiger partial charge on any atom is 0.0268 e. The molecule has 1 aromatic rings. The fourth-order valence-corrected chi connectivity index (χ4v) is 1.97. The molecular weight excluding hydrogens is 176 g/mol. The molecule has 60 valence electrons. The van der Waals surface area contributed by atoms with Gasteiger partial charge >= 0.3 is 0 Å². The zero-order valence-corrected chi connectivity index (χ0v) is 8.25. The highest BCUT2D eigenvalue weighted by Crippen LogP contribution is 2.30. The number of benzene rings is 1. The summed E-state index contributed by atoms with van der Waals surface area (Å²) < 4.78 is 0. The van der Waals surface area contributed by atoms with Crippen molar-refractivity contribution in [1.29, 1.82) is 0 Å². The Hall–Kier alpha value is -0.140. The van der Waals surface area contributed by atoms with Crippen molar-refractivity contribution in [2.24, 2.45) is 0 Å². The monoisotopic (exact) mass is 186 g/mol. The van der Waals surface area contributed by atoms with Crippen LogP contribution in [-0.4, -0.2) is 0 Å². The highest BCUT2D eigenvalue weighted by Gasteiger charge is 2.03. The van der Waals surface area contributed by atoms with Gasteiger partial charge in [0.15, 0.2) is 0 Å². The normalized spacial score (nSPS) is 10.5. The Morgan fingerprint density at radius 3 is 2.36 bits per heavy atom. The van der Waals surface area contributed by atoms with Gasteiger partial charge in [-0.2, -0.15) is 0 Å². The molecule has 0 amide bonds. The third kappa shape index (κ3) is 2.14. The van der Waals surface area contributed by atoms with Crippen molar-refractivity contribution >= 4 is 21.7 Å². The van der Waals surface area contributed by atoms with Gasteiger partial charge in [-0.15, -0.1) is 0 Å². The van der Waals surface area contributed by atoms with Crippen molar-refractivity contribution in [2.45, 2.75) is 24.7 Å². The smallest absolute Gasteiger partial charge is 0.0268 e. The molecule has 2 heteroatoms. The summed E-state index contributed by atoms with van der Waals surface area (Å²) in [6, 6.07) is 8.23. The molecule has 0 saturated heterocycles. The first-order valence-electron chi connectivity index (χ1n) is 3.63. The summed E-state index contributed by atoms with van der Waals surface area (Å²) in [4.78, 5) is 1.17. The second kappa shape index (κ2) is 4.03. The van der Waals surface area contributed by atoms with E-state index in [0.717, 1.165) is 0 Å². The molecule has 0 bridgehead atoms. The Balaban J connectivity index is 3.02. The molecule has 0 radical (unpaired) electrons. The van der Waals surface area contributed by atoms with Gasteiger partial charge in [-0.25, -0.2) is 0 Å². The standard InChI is InChI=1S/C9H11ClS/c1-7(2)8-5-3-4-6-9(8)11-10/h3-7H,1-2H3. The summed E-state index contributed by atoms with van der Waals surface area (Å²) in [5, 5.41) is 0. The lowest BCUT2D eigenvalue weighted by molar-refractivity contribution is 0.843. The lowest BCUT2D eigenvalue weighted by Crippen LogP contribution is -1.88. The summed E-state index contributed by atoms with van der Waals surface area (Å²) in [5.41, 5.74) is 1.33. The van der Waals surface area contributed by atoms with Crippen LogP contribution >= 0.6 is 21.7 Å². The molecule has 0 unspecified atom stereocenters. The molecular formula is C9H11ClS. The SMILES string of the molecule is CC(C)c1ccccc1SCl. The van der Waals surface area contributed by atoms with Crippen molar-refractivity contribution in [3.8, 4) is 0 Å². The molecule has 1 rings (SSSR count). The quantitative estimate of drug-likeness (QED) is 0.672. The summed E-state index contributed by atoms with van der Waals surface area (Å²) >= 11 is 0. The van der Waals surface area contributed by atoms with Gasteiger partial charge in [0.1, 0.15) is 0 Å². The molecule has 0 aliphatic rings. The van der Waals surface area contributed by atoms with Crippen LogP contribution in [0.25, 0.3) is 0 Å². The second-order valence-electron chi connectivity index (χ2n) is 2.77. The van der Waals surface area contributed by atoms with Crippen LogP contribution < -0.4 is 0 Å². The predicted octanol–water partition coefficient (Wildman–Crippen LogP) is 4.06. The second-order valence-corrected chi connectivity index (χ2v) is 3.83. The van der Waals surface area contributed by atoms with Gasteiger partial charge < -0.3 is 0 Å². The van der Waals surface area contributed by atoms with E-state index in [9.17, 15) is 0 Å². The van der Waals surface area contributed by atoms with E-state index in [-0.39, 0.29) is 0 Å². The summed E-state index contributed by atoms with van der Waals surface area (Å²) in [6.45, 7) is 4.35. The molecule has 0 heterocycles. The first-order valence-corrected chi connectivity index (χ1v) is 5.27. The lowest BCUT2D eigenvalue weighted by Gasteiger charge is -2.08. The molecule has 0 nitrogen and oxygen atoms in total. The van der Waals surface area contributed by atoms with Crippen LogP contribution in [-0.2, 0) is 0 Å². The van der Waals surface area contributed by atoms with E-state index in [4.69, 9.17) is 10.7 Å². The minimum atomic E-state index is 0.553. The molecule has 11 heavy (non-hydrogen) atoms. The average Bonchev–Trinajstić information content (AvgIpc) is 2.04. The van der Waals surface area contributed by atoms with Gasteiger partial charge in [0.25, 0.3) is 0 Å². The molecule has 0 N–H and O–H groups in total. The highest BCUT2D eigenvalue weighted by atomic mass is 35.7. The zero-order valence-electron chi connectivity index (χ0n) is 6.67. The van der Waals surface area contributed by atoms with Gasteiger partial charge in [-0.3, -0.25) is 0 Å². The Morgan fingerprint density at radius 2 is 1.91 bits per heavy atom. The van der Waals surface area contributed by atoms with Crippen LogP contribution in [0.2, 0.25) is 0 Å². The van der Waals surface area contributed by atoms with E-state index in [1.165, 1.54) is 21.4 Å². The van der Waals surface area contributed by atoms with Crippen LogP contribution in [0.15, 0.2) is 29.2 Å². The van der Waals surface area contributed by atoms with Gasteiger partial charge in [-0.1, -0.05) is 32.0 Å². The Kier molecular flexibility index (Phi) is 3.28. The molecule has 0 spiro atoms. The third-order valence-electron chi connectivity index (χ3n) is 1.62. The van der Waals surface area contributed by atoms with E-state index < -0.39 is 0 Å². The minimum Gasteiger partial charge on any atom is -0.0619 e. The first kappa shape index (κ1) is 8.95. The van der Waals surface area contributed by atoms with Crippen LogP contribution in [0, 0.1) is 0 Å². The van der Waals surface area contributed by atoms with Gasteiger partial charge in [0, 0.05) is 4.90 Å². The largest absolute Gasteiger partial charge is 0.0619 e. The van der Waals surface area contributed by atoms with E-state index in [2.05, 4.69) is 19.9 Å². The topological polar surface area (TPSA) is 0 Å². The number of halogens is 1. The average molecular weight is 187 g/mol. The fourth-order valence-electron chi connectivity index (χ4n) is 1.03. The Labute approximate surface area is 76.5 Å². The minimum absolute atomic E-state index is 0.553. The van der Waals surface area contributed by atoms with E-state index in [1.54, 1.807) is 0 Å². The molecule has 0 aliphatic carbocycles. The molecule has 0 fully saturated rings. The van der Waals surface area contributed by atoms with Crippen LogP contribution in [0.4, 0.5) is 0 Å². The lowest BCUT2D eigenvalue weighted by atomic mass is 10.0. The van der Waals surface area contributed by atoms with Gasteiger partial charge in [0.2, 0.25) is 0 Å². The van der Waals surface area contributed by atoms with Gasteiger partial charge in [0.05, 0.1) is 0 Å². The number of rotatable bonds is 2. The zero-order chi connectivity index (χ0) is 8.27. The van der Waals surface area contributed by atoms with Crippen LogP contribution in [0.5, 0.6) is 0 Å². The van der Waals surface area contributed by atoms with Crippen molar-refractivity contribution in [3.05, 3.63) is 29.8 Å². The Morgan fingerprint density at radius 1 is 1.27 bits per heavy atom. The summed E-state index contributed by atoms with van der Waals surface area (Å²) in [7, 11) is 6.99. The molecule has 1 aromatic carbocycles. The molecule has 0 aromatic heterocycles. The van der Waals surface area contributed by atoms with E-state index >= 15 is 0 Å². The van der Waals surface area contributed by atoms with Crippen molar-refractivity contribution in [2.75, 3.05) is 0 Å². The number of hydrogen-bond acceptors (Lipinski definition) is 1. The summed E-state index contributed by atoms with van der Waals surface area (Å²) in [6.07, 6.45) is 0. The van der Waals surface area contributed by atoms with Crippen LogP contribution in [0.1, 0.15) is 25.3 Å². The van der Waals surface area contributed by atoms with Gasteiger partial charge in [-0.05, 0) is 39.2 Å². The van der Waals surface area contributed by atoms with E-state index in [0.29, 0.717) is 5.92 Å². The van der Waals surface area contributed by atoms with E-state index in [1.807, 2.05) is 18.2 Å². The van der Waals surface area contributed by atoms with Crippen LogP contribution in [0.3, 0.4) is 0 Å². The first-order chi connectivity index (χ1) is 5.25. The maximum absolute atomic E-state index is 5.69. The molecule has 0 atom stereocenters. The predicted molar refractivity (Wildman–Crippen MR) is 52.2 cm³/mol. The van der Waals surface area contributed by atoms with Crippen molar-refractivity contribution in [3.63, 3.8) is 0 Å². The highest BCUT2D eigenvalue weighted by molar-refractivity contribution is 8.21. The molecule has 0 saturated carbocycles. The third-order valence-corrected chi connectivity index (χ3v) is 2.66.